The molecule has 0 aliphatic rings. The van der Waals surface area contributed by atoms with E-state index in [1.54, 1.807) is 0 Å². The van der Waals surface area contributed by atoms with Crippen LogP contribution in [0.15, 0.2) is 24.3 Å². The molecule has 2 atom stereocenters. The van der Waals surface area contributed by atoms with Crippen LogP contribution in [-0.4, -0.2) is 17.8 Å². The van der Waals surface area contributed by atoms with E-state index in [0.29, 0.717) is 12.6 Å². The van der Waals surface area contributed by atoms with E-state index < -0.39 is 0 Å². The van der Waals surface area contributed by atoms with Crippen molar-refractivity contribution in [1.29, 1.82) is 0 Å². The van der Waals surface area contributed by atoms with Gasteiger partial charge in [0, 0.05) is 22.2 Å². The number of rotatable bonds is 6. The number of benzene rings is 1. The minimum atomic E-state index is -0.234. The normalized spacial score (nSPS) is 14.7. The molecule has 0 saturated carbocycles. The van der Waals surface area contributed by atoms with Gasteiger partial charge in [0.15, 0.2) is 0 Å². The van der Waals surface area contributed by atoms with Gasteiger partial charge in [0.2, 0.25) is 0 Å². The summed E-state index contributed by atoms with van der Waals surface area (Å²) in [5.74, 6) is 0. The number of aliphatic hydroxyl groups is 1. The highest BCUT2D eigenvalue weighted by molar-refractivity contribution is 7.19. The van der Waals surface area contributed by atoms with Gasteiger partial charge in [-0.3, -0.25) is 0 Å². The quantitative estimate of drug-likeness (QED) is 0.836. The Morgan fingerprint density at radius 3 is 2.74 bits per heavy atom. The summed E-state index contributed by atoms with van der Waals surface area (Å²) in [6.45, 7) is 7.14. The molecule has 0 spiro atoms. The number of aryl methyl sites for hydroxylation is 1. The summed E-state index contributed by atoms with van der Waals surface area (Å²) in [4.78, 5) is 1.38. The SMILES string of the molecule is CCCC(O)CNC(C)c1sc2ccccc2c1C. The maximum atomic E-state index is 9.79. The number of nitrogens with one attached hydrogen (secondary N) is 1. The van der Waals surface area contributed by atoms with Crippen LogP contribution in [0.3, 0.4) is 0 Å². The van der Waals surface area contributed by atoms with E-state index in [-0.39, 0.29) is 6.10 Å². The van der Waals surface area contributed by atoms with Gasteiger partial charge in [0.1, 0.15) is 0 Å². The first-order chi connectivity index (χ1) is 9.13. The van der Waals surface area contributed by atoms with Crippen molar-refractivity contribution < 1.29 is 5.11 Å². The maximum absolute atomic E-state index is 9.79. The second-order valence-electron chi connectivity index (χ2n) is 5.16. The molecule has 0 saturated heterocycles. The van der Waals surface area contributed by atoms with E-state index in [1.807, 2.05) is 11.3 Å². The van der Waals surface area contributed by atoms with Gasteiger partial charge in [0.25, 0.3) is 0 Å². The zero-order valence-corrected chi connectivity index (χ0v) is 12.8. The molecule has 2 aromatic rings. The minimum Gasteiger partial charge on any atom is -0.392 e. The lowest BCUT2D eigenvalue weighted by Crippen LogP contribution is -2.28. The van der Waals surface area contributed by atoms with E-state index in [4.69, 9.17) is 0 Å². The van der Waals surface area contributed by atoms with Gasteiger partial charge < -0.3 is 10.4 Å². The Morgan fingerprint density at radius 2 is 2.05 bits per heavy atom. The summed E-state index contributed by atoms with van der Waals surface area (Å²) in [7, 11) is 0. The zero-order valence-electron chi connectivity index (χ0n) is 11.9. The first-order valence-electron chi connectivity index (χ1n) is 7.03. The molecule has 0 radical (unpaired) electrons. The predicted molar refractivity (Wildman–Crippen MR) is 83.9 cm³/mol. The number of thiophene rings is 1. The highest BCUT2D eigenvalue weighted by Crippen LogP contribution is 2.34. The monoisotopic (exact) mass is 277 g/mol. The fourth-order valence-corrected chi connectivity index (χ4v) is 3.68. The van der Waals surface area contributed by atoms with E-state index in [9.17, 15) is 5.11 Å². The van der Waals surface area contributed by atoms with Gasteiger partial charge >= 0.3 is 0 Å². The van der Waals surface area contributed by atoms with E-state index in [1.165, 1.54) is 20.5 Å². The Balaban J connectivity index is 2.09. The number of fused-ring (bicyclic) bond motifs is 1. The zero-order chi connectivity index (χ0) is 13.8. The largest absolute Gasteiger partial charge is 0.392 e. The molecule has 0 amide bonds. The Morgan fingerprint density at radius 1 is 1.32 bits per heavy atom. The van der Waals surface area contributed by atoms with Crippen molar-refractivity contribution in [2.24, 2.45) is 0 Å². The summed E-state index contributed by atoms with van der Waals surface area (Å²) in [6.07, 6.45) is 1.66. The van der Waals surface area contributed by atoms with Crippen molar-refractivity contribution in [1.82, 2.24) is 5.32 Å². The molecule has 104 valence electrons. The molecule has 0 fully saturated rings. The molecule has 1 aromatic carbocycles. The number of hydrogen-bond acceptors (Lipinski definition) is 3. The fourth-order valence-electron chi connectivity index (χ4n) is 2.45. The van der Waals surface area contributed by atoms with Crippen LogP contribution in [0.2, 0.25) is 0 Å². The molecule has 0 aliphatic heterocycles. The van der Waals surface area contributed by atoms with Crippen LogP contribution in [0.5, 0.6) is 0 Å². The molecule has 2 rings (SSSR count). The van der Waals surface area contributed by atoms with Gasteiger partial charge in [-0.25, -0.2) is 0 Å². The van der Waals surface area contributed by atoms with Crippen molar-refractivity contribution in [2.45, 2.75) is 45.8 Å². The molecule has 2 nitrogen and oxygen atoms in total. The van der Waals surface area contributed by atoms with Gasteiger partial charge in [-0.15, -0.1) is 11.3 Å². The lowest BCUT2D eigenvalue weighted by atomic mass is 10.1. The lowest BCUT2D eigenvalue weighted by Gasteiger charge is -2.16. The molecule has 3 heteroatoms. The highest BCUT2D eigenvalue weighted by atomic mass is 32.1. The molecule has 0 aliphatic carbocycles. The number of aliphatic hydroxyl groups excluding tert-OH is 1. The van der Waals surface area contributed by atoms with Gasteiger partial charge in [-0.05, 0) is 37.3 Å². The third kappa shape index (κ3) is 3.35. The molecule has 0 bridgehead atoms. The van der Waals surface area contributed by atoms with Crippen LogP contribution in [0.4, 0.5) is 0 Å². The van der Waals surface area contributed by atoms with Crippen molar-refractivity contribution >= 4 is 21.4 Å². The van der Waals surface area contributed by atoms with E-state index >= 15 is 0 Å². The Bertz CT molecular complexity index is 535. The maximum Gasteiger partial charge on any atom is 0.0664 e. The first-order valence-corrected chi connectivity index (χ1v) is 7.84. The molecule has 2 N–H and O–H groups in total. The minimum absolute atomic E-state index is 0.234. The second-order valence-corrected chi connectivity index (χ2v) is 6.24. The summed E-state index contributed by atoms with van der Waals surface area (Å²) in [6, 6.07) is 8.84. The third-order valence-electron chi connectivity index (χ3n) is 3.56. The van der Waals surface area contributed by atoms with Gasteiger partial charge in [-0.1, -0.05) is 31.5 Å². The van der Waals surface area contributed by atoms with Crippen LogP contribution < -0.4 is 5.32 Å². The predicted octanol–water partition coefficient (Wildman–Crippen LogP) is 4.02. The Kier molecular flexibility index (Phi) is 4.97. The van der Waals surface area contributed by atoms with E-state index in [0.717, 1.165) is 12.8 Å². The summed E-state index contributed by atoms with van der Waals surface area (Å²) < 4.78 is 1.35. The topological polar surface area (TPSA) is 32.3 Å². The third-order valence-corrected chi connectivity index (χ3v) is 5.01. The fraction of sp³-hybridized carbons (Fsp3) is 0.500. The Labute approximate surface area is 119 Å². The average Bonchev–Trinajstić information content (AvgIpc) is 2.74. The van der Waals surface area contributed by atoms with Crippen molar-refractivity contribution in [3.05, 3.63) is 34.7 Å². The van der Waals surface area contributed by atoms with Crippen LogP contribution in [0, 0.1) is 6.92 Å². The summed E-state index contributed by atoms with van der Waals surface area (Å²) in [5.41, 5.74) is 1.37. The average molecular weight is 277 g/mol. The van der Waals surface area contributed by atoms with Crippen molar-refractivity contribution in [3.63, 3.8) is 0 Å². The molecule has 1 aromatic heterocycles. The summed E-state index contributed by atoms with van der Waals surface area (Å²) >= 11 is 1.85. The van der Waals surface area contributed by atoms with Crippen LogP contribution in [0.25, 0.3) is 10.1 Å². The highest BCUT2D eigenvalue weighted by Gasteiger charge is 2.14. The second kappa shape index (κ2) is 6.51. The van der Waals surface area contributed by atoms with Crippen LogP contribution in [-0.2, 0) is 0 Å². The van der Waals surface area contributed by atoms with Crippen molar-refractivity contribution in [2.75, 3.05) is 6.54 Å². The van der Waals surface area contributed by atoms with Crippen molar-refractivity contribution in [3.8, 4) is 0 Å². The van der Waals surface area contributed by atoms with Gasteiger partial charge in [0.05, 0.1) is 6.10 Å². The van der Waals surface area contributed by atoms with Gasteiger partial charge in [-0.2, -0.15) is 0 Å². The first kappa shape index (κ1) is 14.5. The lowest BCUT2D eigenvalue weighted by molar-refractivity contribution is 0.157. The molecule has 2 unspecified atom stereocenters. The molecule has 1 heterocycles. The number of hydrogen-bond donors (Lipinski definition) is 2. The van der Waals surface area contributed by atoms with Crippen LogP contribution in [0.1, 0.15) is 43.2 Å². The standard InChI is InChI=1S/C16H23NOS/c1-4-7-13(18)10-17-12(3)16-11(2)14-8-5-6-9-15(14)19-16/h5-6,8-9,12-13,17-18H,4,7,10H2,1-3H3. The molecule has 19 heavy (non-hydrogen) atoms. The van der Waals surface area contributed by atoms with E-state index in [2.05, 4.69) is 50.4 Å². The molecular formula is C16H23NOS. The summed E-state index contributed by atoms with van der Waals surface area (Å²) in [5, 5.41) is 14.6. The van der Waals surface area contributed by atoms with Crippen LogP contribution >= 0.6 is 11.3 Å². The Hall–Kier alpha value is -0.900. The smallest absolute Gasteiger partial charge is 0.0664 e. The molecular weight excluding hydrogens is 254 g/mol.